The first-order chi connectivity index (χ1) is 11.0. The summed E-state index contributed by atoms with van der Waals surface area (Å²) in [5.74, 6) is -0.775. The Morgan fingerprint density at radius 3 is 2.74 bits per heavy atom. The van der Waals surface area contributed by atoms with E-state index in [1.807, 2.05) is 0 Å². The van der Waals surface area contributed by atoms with Crippen LogP contribution in [0.3, 0.4) is 0 Å². The number of primary amides is 1. The highest BCUT2D eigenvalue weighted by Gasteiger charge is 2.17. The number of carbonyl (C=O) groups is 2. The molecule has 0 saturated carbocycles. The maximum Gasteiger partial charge on any atom is 0.360 e. The lowest BCUT2D eigenvalue weighted by Crippen LogP contribution is -2.14. The minimum Gasteiger partial charge on any atom is -0.494 e. The van der Waals surface area contributed by atoms with Gasteiger partial charge in [-0.3, -0.25) is 4.79 Å². The largest absolute Gasteiger partial charge is 0.494 e. The molecule has 0 fully saturated rings. The fourth-order valence-corrected chi connectivity index (χ4v) is 2.11. The van der Waals surface area contributed by atoms with Crippen molar-refractivity contribution in [1.29, 1.82) is 0 Å². The van der Waals surface area contributed by atoms with E-state index in [1.165, 1.54) is 26.5 Å². The van der Waals surface area contributed by atoms with Crippen LogP contribution in [0.25, 0.3) is 0 Å². The molecule has 1 heterocycles. The number of nitrogens with two attached hydrogens (primary N) is 1. The fraction of sp³-hybridized carbons (Fsp3) is 0.214. The number of ether oxygens (including phenoxy) is 2. The predicted octanol–water partition coefficient (Wildman–Crippen LogP) is 1.83. The smallest absolute Gasteiger partial charge is 0.360 e. The van der Waals surface area contributed by atoms with E-state index in [0.717, 1.165) is 0 Å². The molecule has 23 heavy (non-hydrogen) atoms. The number of halogens is 1. The summed E-state index contributed by atoms with van der Waals surface area (Å²) >= 11 is 5.97. The molecule has 0 saturated heterocycles. The van der Waals surface area contributed by atoms with Crippen molar-refractivity contribution >= 4 is 29.2 Å². The van der Waals surface area contributed by atoms with Gasteiger partial charge in [0.05, 0.1) is 32.0 Å². The van der Waals surface area contributed by atoms with E-state index in [2.05, 4.69) is 15.0 Å². The number of hydrogen-bond acceptors (Lipinski definition) is 7. The lowest BCUT2D eigenvalue weighted by atomic mass is 10.1. The topological polar surface area (TPSA) is 117 Å². The van der Waals surface area contributed by atoms with E-state index < -0.39 is 11.9 Å². The summed E-state index contributed by atoms with van der Waals surface area (Å²) in [6, 6.07) is 2.98. The number of nitrogens with zero attached hydrogens (tertiary/aromatic N) is 1. The SMILES string of the molecule is COC(=O)c1coc(CNc2cc(Cl)cc(C(N)=O)c2OC)n1. The second kappa shape index (κ2) is 7.01. The van der Waals surface area contributed by atoms with Crippen LogP contribution in [0.5, 0.6) is 5.75 Å². The van der Waals surface area contributed by atoms with Crippen molar-refractivity contribution in [2.75, 3.05) is 19.5 Å². The van der Waals surface area contributed by atoms with Crippen molar-refractivity contribution in [2.24, 2.45) is 5.73 Å². The number of esters is 1. The number of aromatic nitrogens is 1. The number of oxazole rings is 1. The maximum atomic E-state index is 11.4. The van der Waals surface area contributed by atoms with Crippen molar-refractivity contribution in [2.45, 2.75) is 6.54 Å². The summed E-state index contributed by atoms with van der Waals surface area (Å²) in [6.07, 6.45) is 1.19. The molecule has 1 aromatic carbocycles. The van der Waals surface area contributed by atoms with Crippen LogP contribution in [0.2, 0.25) is 5.02 Å². The molecule has 0 unspecified atom stereocenters. The average molecular weight is 340 g/mol. The summed E-state index contributed by atoms with van der Waals surface area (Å²) in [6.45, 7) is 0.131. The number of rotatable bonds is 6. The van der Waals surface area contributed by atoms with Gasteiger partial charge < -0.3 is 24.9 Å². The van der Waals surface area contributed by atoms with Crippen molar-refractivity contribution in [3.05, 3.63) is 40.6 Å². The molecule has 0 radical (unpaired) electrons. The van der Waals surface area contributed by atoms with Crippen molar-refractivity contribution in [3.8, 4) is 5.75 Å². The first-order valence-electron chi connectivity index (χ1n) is 6.40. The van der Waals surface area contributed by atoms with Crippen LogP contribution < -0.4 is 15.8 Å². The number of carbonyl (C=O) groups excluding carboxylic acids is 2. The minimum atomic E-state index is -0.670. The van der Waals surface area contributed by atoms with Crippen LogP contribution in [0.15, 0.2) is 22.8 Å². The van der Waals surface area contributed by atoms with Gasteiger partial charge >= 0.3 is 5.97 Å². The molecule has 0 aliphatic carbocycles. The van der Waals surface area contributed by atoms with E-state index in [4.69, 9.17) is 26.5 Å². The number of benzene rings is 1. The number of methoxy groups -OCH3 is 2. The molecule has 2 rings (SSSR count). The van der Waals surface area contributed by atoms with Crippen molar-refractivity contribution in [3.63, 3.8) is 0 Å². The molecule has 2 aromatic rings. The number of nitrogens with one attached hydrogen (secondary N) is 1. The number of hydrogen-bond donors (Lipinski definition) is 2. The normalized spacial score (nSPS) is 10.2. The first-order valence-corrected chi connectivity index (χ1v) is 6.78. The average Bonchev–Trinajstić information content (AvgIpc) is 3.00. The summed E-state index contributed by atoms with van der Waals surface area (Å²) in [5.41, 5.74) is 5.94. The molecular formula is C14H14ClN3O5. The molecule has 0 atom stereocenters. The number of anilines is 1. The third kappa shape index (κ3) is 3.72. The molecule has 8 nitrogen and oxygen atoms in total. The van der Waals surface area contributed by atoms with Gasteiger partial charge in [-0.05, 0) is 12.1 Å². The summed E-state index contributed by atoms with van der Waals surface area (Å²) in [4.78, 5) is 26.7. The standard InChI is InChI=1S/C14H14ClN3O5/c1-21-12-8(13(16)19)3-7(15)4-9(12)17-5-11-18-10(6-23-11)14(20)22-2/h3-4,6,17H,5H2,1-2H3,(H2,16,19). The van der Waals surface area contributed by atoms with Crippen LogP contribution in [-0.4, -0.2) is 31.1 Å². The highest BCUT2D eigenvalue weighted by molar-refractivity contribution is 6.31. The Kier molecular flexibility index (Phi) is 5.07. The van der Waals surface area contributed by atoms with Gasteiger partial charge in [0, 0.05) is 5.02 Å². The Morgan fingerprint density at radius 1 is 1.39 bits per heavy atom. The quantitative estimate of drug-likeness (QED) is 0.771. The van der Waals surface area contributed by atoms with Crippen LogP contribution >= 0.6 is 11.6 Å². The molecule has 122 valence electrons. The summed E-state index contributed by atoms with van der Waals surface area (Å²) in [5, 5.41) is 3.27. The van der Waals surface area contributed by atoms with E-state index in [9.17, 15) is 9.59 Å². The molecule has 0 spiro atoms. The summed E-state index contributed by atoms with van der Waals surface area (Å²) in [7, 11) is 2.65. The van der Waals surface area contributed by atoms with Gasteiger partial charge in [0.2, 0.25) is 5.89 Å². The van der Waals surface area contributed by atoms with Gasteiger partial charge in [-0.15, -0.1) is 0 Å². The number of amides is 1. The zero-order chi connectivity index (χ0) is 17.0. The molecule has 0 aliphatic heterocycles. The molecule has 0 aliphatic rings. The van der Waals surface area contributed by atoms with Gasteiger partial charge in [-0.1, -0.05) is 11.6 Å². The van der Waals surface area contributed by atoms with E-state index in [1.54, 1.807) is 6.07 Å². The highest BCUT2D eigenvalue weighted by atomic mass is 35.5. The van der Waals surface area contributed by atoms with Crippen LogP contribution in [0.1, 0.15) is 26.7 Å². The predicted molar refractivity (Wildman–Crippen MR) is 81.7 cm³/mol. The van der Waals surface area contributed by atoms with Gasteiger partial charge in [0.25, 0.3) is 5.91 Å². The fourth-order valence-electron chi connectivity index (χ4n) is 1.89. The van der Waals surface area contributed by atoms with Crippen molar-refractivity contribution in [1.82, 2.24) is 4.98 Å². The monoisotopic (exact) mass is 339 g/mol. The molecule has 1 aromatic heterocycles. The molecule has 0 bridgehead atoms. The Bertz CT molecular complexity index is 744. The Morgan fingerprint density at radius 2 is 2.13 bits per heavy atom. The van der Waals surface area contributed by atoms with Crippen molar-refractivity contribution < 1.29 is 23.5 Å². The lowest BCUT2D eigenvalue weighted by Gasteiger charge is -2.13. The molecule has 1 amide bonds. The second-order valence-electron chi connectivity index (χ2n) is 4.37. The lowest BCUT2D eigenvalue weighted by molar-refractivity contribution is 0.0593. The zero-order valence-electron chi connectivity index (χ0n) is 12.4. The van der Waals surface area contributed by atoms with Gasteiger partial charge in [0.15, 0.2) is 11.4 Å². The van der Waals surface area contributed by atoms with Gasteiger partial charge in [0.1, 0.15) is 6.26 Å². The minimum absolute atomic E-state index is 0.0557. The Hall–Kier alpha value is -2.74. The van der Waals surface area contributed by atoms with E-state index in [0.29, 0.717) is 10.7 Å². The Labute approximate surface area is 136 Å². The molecule has 9 heteroatoms. The van der Waals surface area contributed by atoms with Crippen LogP contribution in [0, 0.1) is 0 Å². The zero-order valence-corrected chi connectivity index (χ0v) is 13.1. The third-order valence-electron chi connectivity index (χ3n) is 2.90. The van der Waals surface area contributed by atoms with E-state index >= 15 is 0 Å². The first kappa shape index (κ1) is 16.6. The molecule has 3 N–H and O–H groups in total. The molecular weight excluding hydrogens is 326 g/mol. The summed E-state index contributed by atoms with van der Waals surface area (Å²) < 4.78 is 14.9. The Balaban J connectivity index is 2.21. The maximum absolute atomic E-state index is 11.4. The van der Waals surface area contributed by atoms with Gasteiger partial charge in [-0.2, -0.15) is 0 Å². The highest BCUT2D eigenvalue weighted by Crippen LogP contribution is 2.32. The van der Waals surface area contributed by atoms with Crippen LogP contribution in [0.4, 0.5) is 5.69 Å². The third-order valence-corrected chi connectivity index (χ3v) is 3.12. The second-order valence-corrected chi connectivity index (χ2v) is 4.81. The van der Waals surface area contributed by atoms with E-state index in [-0.39, 0.29) is 29.4 Å². The van der Waals surface area contributed by atoms with Gasteiger partial charge in [-0.25, -0.2) is 9.78 Å². The van der Waals surface area contributed by atoms with Crippen LogP contribution in [-0.2, 0) is 11.3 Å².